The van der Waals surface area contributed by atoms with Crippen molar-refractivity contribution in [2.45, 2.75) is 38.8 Å². The Kier molecular flexibility index (Phi) is 6.54. The second-order valence-electron chi connectivity index (χ2n) is 6.98. The highest BCUT2D eigenvalue weighted by Crippen LogP contribution is 2.24. The third kappa shape index (κ3) is 5.37. The summed E-state index contributed by atoms with van der Waals surface area (Å²) in [4.78, 5) is 4.64. The molecule has 0 spiro atoms. The monoisotopic (exact) mass is 359 g/mol. The van der Waals surface area contributed by atoms with Crippen molar-refractivity contribution in [2.24, 2.45) is 0 Å². The quantitative estimate of drug-likeness (QED) is 0.307. The number of hydrogen-bond acceptors (Lipinski definition) is 1. The topological polar surface area (TPSA) is 12.9 Å². The number of alkyl halides is 1. The van der Waals surface area contributed by atoms with Crippen molar-refractivity contribution >= 4 is 16.8 Å². The fraction of sp³-hybridized carbons (Fsp3) is 0.240. The Balaban J connectivity index is 1.73. The fourth-order valence-electron chi connectivity index (χ4n) is 3.14. The van der Waals surface area contributed by atoms with Gasteiger partial charge in [0, 0.05) is 17.1 Å². The molecule has 0 aliphatic rings. The predicted molar refractivity (Wildman–Crippen MR) is 115 cm³/mol. The van der Waals surface area contributed by atoms with E-state index in [1.54, 1.807) is 6.92 Å². The van der Waals surface area contributed by atoms with Crippen molar-refractivity contribution in [3.63, 3.8) is 0 Å². The van der Waals surface area contributed by atoms with E-state index >= 15 is 0 Å². The van der Waals surface area contributed by atoms with Gasteiger partial charge in [-0.05, 0) is 61.3 Å². The number of halogens is 1. The number of rotatable bonds is 8. The van der Waals surface area contributed by atoms with E-state index in [2.05, 4.69) is 72.2 Å². The molecular formula is C25H26FN. The van der Waals surface area contributed by atoms with Gasteiger partial charge in [-0.25, -0.2) is 4.39 Å². The summed E-state index contributed by atoms with van der Waals surface area (Å²) >= 11 is 0. The van der Waals surface area contributed by atoms with Crippen LogP contribution < -0.4 is 0 Å². The molecule has 1 atom stereocenters. The van der Waals surface area contributed by atoms with Crippen LogP contribution in [-0.4, -0.2) is 11.2 Å². The molecule has 27 heavy (non-hydrogen) atoms. The van der Waals surface area contributed by atoms with Crippen molar-refractivity contribution < 1.29 is 4.39 Å². The Hall–Kier alpha value is -2.74. The van der Waals surface area contributed by atoms with Gasteiger partial charge in [-0.15, -0.1) is 6.58 Å². The maximum Gasteiger partial charge on any atom is 0.0973 e. The molecule has 1 aromatic heterocycles. The number of nitrogens with zero attached hydrogens (tertiary/aromatic N) is 1. The Labute approximate surface area is 161 Å². The molecule has 0 saturated heterocycles. The Morgan fingerprint density at radius 2 is 1.89 bits per heavy atom. The van der Waals surface area contributed by atoms with Gasteiger partial charge in [0.25, 0.3) is 0 Å². The minimum Gasteiger partial charge on any atom is -0.256 e. The average molecular weight is 359 g/mol. The Morgan fingerprint density at radius 3 is 2.63 bits per heavy atom. The lowest BCUT2D eigenvalue weighted by atomic mass is 10.0. The van der Waals surface area contributed by atoms with Crippen LogP contribution in [0.4, 0.5) is 4.39 Å². The zero-order valence-corrected chi connectivity index (χ0v) is 15.9. The van der Waals surface area contributed by atoms with Crippen LogP contribution in [0.5, 0.6) is 0 Å². The van der Waals surface area contributed by atoms with Crippen LogP contribution in [0.2, 0.25) is 0 Å². The highest BCUT2D eigenvalue weighted by molar-refractivity contribution is 5.87. The third-order valence-corrected chi connectivity index (χ3v) is 4.66. The standard InChI is InChI=1S/C25H26FN/c1-3-7-20-10-13-22(14-11-20)25-17-23-15-12-21(16-24(23)18-27-25)9-6-4-5-8-19(2)26/h3,6,9-19H,1,4-5,7-8H2,2H3. The highest BCUT2D eigenvalue weighted by atomic mass is 19.1. The molecule has 0 aliphatic carbocycles. The largest absolute Gasteiger partial charge is 0.256 e. The van der Waals surface area contributed by atoms with Crippen LogP contribution >= 0.6 is 0 Å². The summed E-state index contributed by atoms with van der Waals surface area (Å²) in [5.41, 5.74) is 4.51. The molecule has 0 aliphatic heterocycles. The van der Waals surface area contributed by atoms with E-state index in [4.69, 9.17) is 0 Å². The second kappa shape index (κ2) is 9.27. The van der Waals surface area contributed by atoms with Crippen molar-refractivity contribution in [1.29, 1.82) is 0 Å². The van der Waals surface area contributed by atoms with Gasteiger partial charge in [-0.3, -0.25) is 4.98 Å². The lowest BCUT2D eigenvalue weighted by Gasteiger charge is -2.05. The Bertz CT molecular complexity index is 923. The number of aromatic nitrogens is 1. The lowest BCUT2D eigenvalue weighted by Crippen LogP contribution is -1.90. The number of pyridine rings is 1. The van der Waals surface area contributed by atoms with E-state index in [9.17, 15) is 4.39 Å². The summed E-state index contributed by atoms with van der Waals surface area (Å²) in [6.45, 7) is 5.40. The van der Waals surface area contributed by atoms with Gasteiger partial charge >= 0.3 is 0 Å². The first-order valence-electron chi connectivity index (χ1n) is 9.56. The molecule has 0 radical (unpaired) electrons. The van der Waals surface area contributed by atoms with Crippen LogP contribution in [0.3, 0.4) is 0 Å². The van der Waals surface area contributed by atoms with E-state index in [-0.39, 0.29) is 0 Å². The molecule has 0 amide bonds. The fourth-order valence-corrected chi connectivity index (χ4v) is 3.14. The molecule has 3 rings (SSSR count). The van der Waals surface area contributed by atoms with E-state index in [0.717, 1.165) is 41.5 Å². The third-order valence-electron chi connectivity index (χ3n) is 4.66. The minimum atomic E-state index is -0.711. The van der Waals surface area contributed by atoms with E-state index in [1.807, 2.05) is 12.3 Å². The van der Waals surface area contributed by atoms with Crippen LogP contribution in [0.25, 0.3) is 28.1 Å². The van der Waals surface area contributed by atoms with Gasteiger partial charge in [-0.1, -0.05) is 54.6 Å². The smallest absolute Gasteiger partial charge is 0.0973 e. The van der Waals surface area contributed by atoms with Crippen molar-refractivity contribution in [2.75, 3.05) is 0 Å². The van der Waals surface area contributed by atoms with Crippen LogP contribution in [0.1, 0.15) is 37.3 Å². The summed E-state index contributed by atoms with van der Waals surface area (Å²) in [6, 6.07) is 17.0. The van der Waals surface area contributed by atoms with Gasteiger partial charge in [0.15, 0.2) is 0 Å². The van der Waals surface area contributed by atoms with Crippen molar-refractivity contribution in [1.82, 2.24) is 4.98 Å². The first-order chi connectivity index (χ1) is 13.2. The maximum atomic E-state index is 12.8. The van der Waals surface area contributed by atoms with E-state index in [0.29, 0.717) is 6.42 Å². The molecule has 0 saturated carbocycles. The molecule has 1 nitrogen and oxygen atoms in total. The summed E-state index contributed by atoms with van der Waals surface area (Å²) in [6.07, 6.45) is 10.7. The van der Waals surface area contributed by atoms with Crippen LogP contribution in [0, 0.1) is 0 Å². The van der Waals surface area contributed by atoms with E-state index in [1.165, 1.54) is 10.9 Å². The molecule has 2 aromatic carbocycles. The number of allylic oxidation sites excluding steroid dienone is 2. The minimum absolute atomic E-state index is 0.628. The van der Waals surface area contributed by atoms with Crippen LogP contribution in [-0.2, 0) is 6.42 Å². The van der Waals surface area contributed by atoms with Gasteiger partial charge < -0.3 is 0 Å². The van der Waals surface area contributed by atoms with E-state index < -0.39 is 6.17 Å². The molecule has 1 heterocycles. The molecule has 0 N–H and O–H groups in total. The second-order valence-corrected chi connectivity index (χ2v) is 6.98. The molecule has 3 aromatic rings. The number of hydrogen-bond donors (Lipinski definition) is 0. The number of fused-ring (bicyclic) bond motifs is 1. The Morgan fingerprint density at radius 1 is 1.07 bits per heavy atom. The molecular weight excluding hydrogens is 333 g/mol. The summed E-state index contributed by atoms with van der Waals surface area (Å²) in [5.74, 6) is 0. The molecule has 1 unspecified atom stereocenters. The average Bonchev–Trinajstić information content (AvgIpc) is 2.68. The number of unbranched alkanes of at least 4 members (excludes halogenated alkanes) is 1. The normalized spacial score (nSPS) is 12.5. The first kappa shape index (κ1) is 19.0. The SMILES string of the molecule is C=CCc1ccc(-c2cc3ccc(C=CCCCC(C)F)cc3cn2)cc1. The molecule has 0 bridgehead atoms. The molecule has 0 fully saturated rings. The number of benzene rings is 2. The summed E-state index contributed by atoms with van der Waals surface area (Å²) < 4.78 is 12.8. The molecule has 2 heteroatoms. The summed E-state index contributed by atoms with van der Waals surface area (Å²) in [7, 11) is 0. The van der Waals surface area contributed by atoms with Crippen molar-refractivity contribution in [3.8, 4) is 11.3 Å². The van der Waals surface area contributed by atoms with Gasteiger partial charge in [0.05, 0.1) is 11.9 Å². The lowest BCUT2D eigenvalue weighted by molar-refractivity contribution is 0.335. The first-order valence-corrected chi connectivity index (χ1v) is 9.56. The highest BCUT2D eigenvalue weighted by Gasteiger charge is 2.02. The van der Waals surface area contributed by atoms with Gasteiger partial charge in [-0.2, -0.15) is 0 Å². The predicted octanol–water partition coefficient (Wildman–Crippen LogP) is 7.17. The van der Waals surface area contributed by atoms with Gasteiger partial charge in [0.2, 0.25) is 0 Å². The zero-order chi connectivity index (χ0) is 19.1. The van der Waals surface area contributed by atoms with Crippen molar-refractivity contribution in [3.05, 3.63) is 84.6 Å². The molecule has 138 valence electrons. The van der Waals surface area contributed by atoms with Crippen LogP contribution in [0.15, 0.2) is 73.5 Å². The summed E-state index contributed by atoms with van der Waals surface area (Å²) in [5, 5.41) is 2.31. The van der Waals surface area contributed by atoms with Gasteiger partial charge in [0.1, 0.15) is 0 Å². The maximum absolute atomic E-state index is 12.8. The zero-order valence-electron chi connectivity index (χ0n) is 15.9.